The summed E-state index contributed by atoms with van der Waals surface area (Å²) in [5.74, 6) is 0. The van der Waals surface area contributed by atoms with Crippen LogP contribution in [0.25, 0.3) is 0 Å². The molecule has 1 aromatic rings. The van der Waals surface area contributed by atoms with Crippen LogP contribution in [-0.4, -0.2) is 49.7 Å². The largest absolute Gasteiger partial charge is 0.394 e. The molecule has 1 aliphatic rings. The summed E-state index contributed by atoms with van der Waals surface area (Å²) in [4.78, 5) is 0.341. The minimum absolute atomic E-state index is 0.0129. The number of rotatable bonds is 5. The van der Waals surface area contributed by atoms with Crippen LogP contribution in [0.4, 0.5) is 0 Å². The van der Waals surface area contributed by atoms with Crippen molar-refractivity contribution in [2.45, 2.75) is 37.2 Å². The van der Waals surface area contributed by atoms with Crippen LogP contribution in [0.5, 0.6) is 0 Å². The molecular formula is C15H23NO4S. The van der Waals surface area contributed by atoms with Crippen LogP contribution in [0.3, 0.4) is 0 Å². The van der Waals surface area contributed by atoms with Crippen molar-refractivity contribution in [1.82, 2.24) is 4.31 Å². The number of aliphatic hydroxyl groups excluding tert-OH is 1. The Morgan fingerprint density at radius 2 is 1.81 bits per heavy atom. The zero-order valence-electron chi connectivity index (χ0n) is 12.6. The molecule has 0 aliphatic carbocycles. The molecule has 0 spiro atoms. The lowest BCUT2D eigenvalue weighted by molar-refractivity contribution is -0.0717. The summed E-state index contributed by atoms with van der Waals surface area (Å²) in [6.45, 7) is 5.07. The van der Waals surface area contributed by atoms with Crippen LogP contribution in [-0.2, 0) is 14.8 Å². The fraction of sp³-hybridized carbons (Fsp3) is 0.600. The Labute approximate surface area is 126 Å². The highest BCUT2D eigenvalue weighted by Gasteiger charge is 2.35. The van der Waals surface area contributed by atoms with Crippen LogP contribution in [0.15, 0.2) is 29.2 Å². The lowest BCUT2D eigenvalue weighted by Crippen LogP contribution is -2.46. The third-order valence-electron chi connectivity index (χ3n) is 3.98. The molecule has 1 N–H and O–H groups in total. The van der Waals surface area contributed by atoms with Gasteiger partial charge in [-0.15, -0.1) is 0 Å². The van der Waals surface area contributed by atoms with E-state index in [4.69, 9.17) is 9.84 Å². The second-order valence-corrected chi connectivity index (χ2v) is 7.68. The van der Waals surface area contributed by atoms with E-state index in [9.17, 15) is 8.42 Å². The van der Waals surface area contributed by atoms with E-state index in [1.807, 2.05) is 26.0 Å². The number of benzene rings is 1. The van der Waals surface area contributed by atoms with Crippen LogP contribution in [0.2, 0.25) is 0 Å². The number of nitrogens with zero attached hydrogens (tertiary/aromatic N) is 1. The molecule has 0 aromatic heterocycles. The first kappa shape index (κ1) is 16.4. The number of aryl methyl sites for hydroxylation is 1. The Morgan fingerprint density at radius 1 is 1.24 bits per heavy atom. The molecule has 0 bridgehead atoms. The molecule has 0 unspecified atom stereocenters. The van der Waals surface area contributed by atoms with Gasteiger partial charge in [0.25, 0.3) is 0 Å². The highest BCUT2D eigenvalue weighted by molar-refractivity contribution is 7.89. The van der Waals surface area contributed by atoms with Gasteiger partial charge in [0.15, 0.2) is 0 Å². The second-order valence-electron chi connectivity index (χ2n) is 5.74. The molecule has 1 aromatic carbocycles. The zero-order chi connectivity index (χ0) is 15.5. The minimum Gasteiger partial charge on any atom is -0.394 e. The first-order chi connectivity index (χ1) is 9.87. The van der Waals surface area contributed by atoms with Crippen molar-refractivity contribution < 1.29 is 18.3 Å². The first-order valence-electron chi connectivity index (χ1n) is 7.19. The molecule has 2 rings (SSSR count). The van der Waals surface area contributed by atoms with E-state index in [1.54, 1.807) is 12.1 Å². The van der Waals surface area contributed by atoms with E-state index in [1.165, 1.54) is 4.31 Å². The highest BCUT2D eigenvalue weighted by atomic mass is 32.2. The SMILES string of the molecule is Cc1ccc(S(=O)(=O)N2CCC(C)(OCCO)CC2)cc1. The van der Waals surface area contributed by atoms with E-state index in [0.717, 1.165) is 5.56 Å². The zero-order valence-corrected chi connectivity index (χ0v) is 13.4. The Morgan fingerprint density at radius 3 is 2.33 bits per heavy atom. The Kier molecular flexibility index (Phi) is 5.03. The smallest absolute Gasteiger partial charge is 0.243 e. The molecule has 1 fully saturated rings. The van der Waals surface area contributed by atoms with E-state index in [-0.39, 0.29) is 12.2 Å². The normalized spacial score (nSPS) is 19.6. The molecule has 1 saturated heterocycles. The van der Waals surface area contributed by atoms with Crippen LogP contribution in [0.1, 0.15) is 25.3 Å². The van der Waals surface area contributed by atoms with Gasteiger partial charge in [-0.25, -0.2) is 8.42 Å². The molecule has 21 heavy (non-hydrogen) atoms. The summed E-state index contributed by atoms with van der Waals surface area (Å²) in [7, 11) is -3.42. The van der Waals surface area contributed by atoms with Crippen molar-refractivity contribution in [3.05, 3.63) is 29.8 Å². The fourth-order valence-corrected chi connectivity index (χ4v) is 3.94. The van der Waals surface area contributed by atoms with Gasteiger partial charge in [-0.05, 0) is 38.8 Å². The van der Waals surface area contributed by atoms with Gasteiger partial charge in [0.05, 0.1) is 23.7 Å². The van der Waals surface area contributed by atoms with Gasteiger partial charge < -0.3 is 9.84 Å². The Bertz CT molecular complexity index is 560. The number of aliphatic hydroxyl groups is 1. The molecule has 0 atom stereocenters. The summed E-state index contributed by atoms with van der Waals surface area (Å²) in [5, 5.41) is 8.83. The predicted octanol–water partition coefficient (Wildman–Crippen LogP) is 1.55. The van der Waals surface area contributed by atoms with Crippen molar-refractivity contribution in [3.8, 4) is 0 Å². The minimum atomic E-state index is -3.42. The standard InChI is InChI=1S/C15H23NO4S/c1-13-3-5-14(6-4-13)21(18,19)16-9-7-15(2,8-10-16)20-12-11-17/h3-6,17H,7-12H2,1-2H3. The maximum absolute atomic E-state index is 12.6. The maximum atomic E-state index is 12.6. The second kappa shape index (κ2) is 6.44. The van der Waals surface area contributed by atoms with Crippen molar-refractivity contribution in [2.75, 3.05) is 26.3 Å². The third kappa shape index (κ3) is 3.83. The molecule has 1 aliphatic heterocycles. The molecule has 5 nitrogen and oxygen atoms in total. The maximum Gasteiger partial charge on any atom is 0.243 e. The summed E-state index contributed by atoms with van der Waals surface area (Å²) in [6.07, 6.45) is 1.27. The van der Waals surface area contributed by atoms with Gasteiger partial charge in [-0.3, -0.25) is 0 Å². The molecule has 0 saturated carbocycles. The third-order valence-corrected chi connectivity index (χ3v) is 5.89. The van der Waals surface area contributed by atoms with Gasteiger partial charge in [0, 0.05) is 13.1 Å². The van der Waals surface area contributed by atoms with E-state index in [2.05, 4.69) is 0 Å². The Hall–Kier alpha value is -0.950. The van der Waals surface area contributed by atoms with Crippen molar-refractivity contribution in [2.24, 2.45) is 0 Å². The number of ether oxygens (including phenoxy) is 1. The topological polar surface area (TPSA) is 66.8 Å². The number of hydrogen-bond donors (Lipinski definition) is 1. The average Bonchev–Trinajstić information content (AvgIpc) is 2.46. The molecule has 118 valence electrons. The molecule has 6 heteroatoms. The average molecular weight is 313 g/mol. The Balaban J connectivity index is 2.05. The molecule has 0 radical (unpaired) electrons. The summed E-state index contributed by atoms with van der Waals surface area (Å²) in [6, 6.07) is 6.93. The van der Waals surface area contributed by atoms with E-state index >= 15 is 0 Å². The van der Waals surface area contributed by atoms with E-state index < -0.39 is 10.0 Å². The lowest BCUT2D eigenvalue weighted by atomic mass is 9.94. The number of sulfonamides is 1. The van der Waals surface area contributed by atoms with Gasteiger partial charge in [-0.2, -0.15) is 4.31 Å². The quantitative estimate of drug-likeness (QED) is 0.895. The molecular weight excluding hydrogens is 290 g/mol. The van der Waals surface area contributed by atoms with Gasteiger partial charge in [0.2, 0.25) is 10.0 Å². The predicted molar refractivity (Wildman–Crippen MR) is 80.6 cm³/mol. The van der Waals surface area contributed by atoms with Gasteiger partial charge >= 0.3 is 0 Å². The molecule has 0 amide bonds. The van der Waals surface area contributed by atoms with Crippen molar-refractivity contribution >= 4 is 10.0 Å². The monoisotopic (exact) mass is 313 g/mol. The van der Waals surface area contributed by atoms with Crippen LogP contribution in [0, 0.1) is 6.92 Å². The lowest BCUT2D eigenvalue weighted by Gasteiger charge is -2.38. The first-order valence-corrected chi connectivity index (χ1v) is 8.63. The molecule has 1 heterocycles. The summed E-state index contributed by atoms with van der Waals surface area (Å²) in [5.41, 5.74) is 0.694. The highest BCUT2D eigenvalue weighted by Crippen LogP contribution is 2.29. The fourth-order valence-electron chi connectivity index (χ4n) is 2.50. The van der Waals surface area contributed by atoms with Crippen LogP contribution >= 0.6 is 0 Å². The summed E-state index contributed by atoms with van der Waals surface area (Å²) < 4.78 is 32.3. The van der Waals surface area contributed by atoms with Crippen molar-refractivity contribution in [3.63, 3.8) is 0 Å². The van der Waals surface area contributed by atoms with Gasteiger partial charge in [-0.1, -0.05) is 17.7 Å². The van der Waals surface area contributed by atoms with Crippen molar-refractivity contribution in [1.29, 1.82) is 0 Å². The number of piperidine rings is 1. The van der Waals surface area contributed by atoms with E-state index in [0.29, 0.717) is 37.4 Å². The van der Waals surface area contributed by atoms with Crippen LogP contribution < -0.4 is 0 Å². The summed E-state index contributed by atoms with van der Waals surface area (Å²) >= 11 is 0. The van der Waals surface area contributed by atoms with Gasteiger partial charge in [0.1, 0.15) is 0 Å². The number of hydrogen-bond acceptors (Lipinski definition) is 4.